The van der Waals surface area contributed by atoms with Crippen molar-refractivity contribution in [2.75, 3.05) is 44.2 Å². The molecule has 8 heteroatoms. The van der Waals surface area contributed by atoms with Gasteiger partial charge in [-0.25, -0.2) is 9.48 Å². The first-order chi connectivity index (χ1) is 14.1. The number of benzene rings is 1. The van der Waals surface area contributed by atoms with E-state index in [0.29, 0.717) is 6.54 Å². The molecular weight excluding hydrogens is 370 g/mol. The number of hydrogen-bond donors (Lipinski definition) is 0. The minimum absolute atomic E-state index is 0.351. The molecule has 1 aromatic carbocycles. The standard InChI is InChI=1S/C21H31N5O3/c1-3-15-29-19-8-6-7-18(16-19)25-13-11-24(12-14-25)9-4-5-10-26-21(28)23(2)20(27)17-22-26/h6-8,16-17H,3-5,9-15H2,1-2H3. The lowest BCUT2D eigenvalue weighted by molar-refractivity contribution is 0.250. The number of anilines is 1. The average Bonchev–Trinajstić information content (AvgIpc) is 2.75. The van der Waals surface area contributed by atoms with Gasteiger partial charge in [-0.05, 0) is 37.9 Å². The number of aryl methyl sites for hydroxylation is 1. The van der Waals surface area contributed by atoms with Crippen molar-refractivity contribution < 1.29 is 4.74 Å². The summed E-state index contributed by atoms with van der Waals surface area (Å²) in [7, 11) is 1.48. The Morgan fingerprint density at radius 2 is 1.83 bits per heavy atom. The molecule has 158 valence electrons. The van der Waals surface area contributed by atoms with E-state index in [1.54, 1.807) is 0 Å². The zero-order valence-electron chi connectivity index (χ0n) is 17.4. The summed E-state index contributed by atoms with van der Waals surface area (Å²) in [6.45, 7) is 8.46. The molecule has 1 fully saturated rings. The molecular formula is C21H31N5O3. The van der Waals surface area contributed by atoms with E-state index < -0.39 is 0 Å². The highest BCUT2D eigenvalue weighted by molar-refractivity contribution is 5.51. The van der Waals surface area contributed by atoms with Crippen LogP contribution in [0.3, 0.4) is 0 Å². The highest BCUT2D eigenvalue weighted by Gasteiger charge is 2.17. The van der Waals surface area contributed by atoms with Crippen molar-refractivity contribution in [1.82, 2.24) is 19.2 Å². The fraction of sp³-hybridized carbons (Fsp3) is 0.571. The third kappa shape index (κ3) is 5.69. The predicted molar refractivity (Wildman–Crippen MR) is 114 cm³/mol. The van der Waals surface area contributed by atoms with Crippen molar-refractivity contribution in [3.8, 4) is 5.75 Å². The lowest BCUT2D eigenvalue weighted by Gasteiger charge is -2.36. The summed E-state index contributed by atoms with van der Waals surface area (Å²) in [6.07, 6.45) is 4.07. The quantitative estimate of drug-likeness (QED) is 0.591. The van der Waals surface area contributed by atoms with Gasteiger partial charge >= 0.3 is 5.69 Å². The maximum Gasteiger partial charge on any atom is 0.347 e. The van der Waals surface area contributed by atoms with E-state index in [9.17, 15) is 9.59 Å². The monoisotopic (exact) mass is 401 g/mol. The molecule has 3 rings (SSSR count). The Bertz CT molecular complexity index is 900. The molecule has 0 radical (unpaired) electrons. The lowest BCUT2D eigenvalue weighted by Crippen LogP contribution is -2.46. The average molecular weight is 402 g/mol. The molecule has 0 N–H and O–H groups in total. The van der Waals surface area contributed by atoms with Crippen molar-refractivity contribution in [1.29, 1.82) is 0 Å². The minimum atomic E-state index is -0.369. The molecule has 0 bridgehead atoms. The molecule has 8 nitrogen and oxygen atoms in total. The second-order valence-corrected chi connectivity index (χ2v) is 7.43. The number of unbranched alkanes of at least 4 members (excludes halogenated alkanes) is 1. The van der Waals surface area contributed by atoms with Gasteiger partial charge in [0.05, 0.1) is 6.61 Å². The molecule has 0 saturated carbocycles. The van der Waals surface area contributed by atoms with Crippen LogP contribution < -0.4 is 20.9 Å². The summed E-state index contributed by atoms with van der Waals surface area (Å²) >= 11 is 0. The molecule has 1 aliphatic heterocycles. The lowest BCUT2D eigenvalue weighted by atomic mass is 10.2. The van der Waals surface area contributed by atoms with Gasteiger partial charge in [0.2, 0.25) is 0 Å². The van der Waals surface area contributed by atoms with Crippen LogP contribution in [0.15, 0.2) is 40.1 Å². The highest BCUT2D eigenvalue weighted by Crippen LogP contribution is 2.22. The second-order valence-electron chi connectivity index (χ2n) is 7.43. The number of aromatic nitrogens is 3. The van der Waals surface area contributed by atoms with Crippen molar-refractivity contribution in [2.24, 2.45) is 7.05 Å². The van der Waals surface area contributed by atoms with Crippen molar-refractivity contribution in [3.63, 3.8) is 0 Å². The molecule has 0 atom stereocenters. The molecule has 0 unspecified atom stereocenters. The van der Waals surface area contributed by atoms with Gasteiger partial charge in [0, 0.05) is 51.5 Å². The van der Waals surface area contributed by atoms with Crippen LogP contribution in [-0.4, -0.2) is 58.6 Å². The third-order valence-electron chi connectivity index (χ3n) is 5.27. The van der Waals surface area contributed by atoms with Crippen LogP contribution in [-0.2, 0) is 13.6 Å². The van der Waals surface area contributed by atoms with E-state index in [-0.39, 0.29) is 11.2 Å². The summed E-state index contributed by atoms with van der Waals surface area (Å²) in [5.74, 6) is 0.939. The van der Waals surface area contributed by atoms with Crippen LogP contribution >= 0.6 is 0 Å². The first-order valence-electron chi connectivity index (χ1n) is 10.4. The summed E-state index contributed by atoms with van der Waals surface area (Å²) in [6, 6.07) is 8.35. The van der Waals surface area contributed by atoms with Gasteiger partial charge in [-0.3, -0.25) is 14.3 Å². The van der Waals surface area contributed by atoms with Crippen LogP contribution in [0.1, 0.15) is 26.2 Å². The Hall–Kier alpha value is -2.61. The Balaban J connectivity index is 1.41. The Kier molecular flexibility index (Phi) is 7.46. The second kappa shape index (κ2) is 10.2. The zero-order valence-corrected chi connectivity index (χ0v) is 17.4. The van der Waals surface area contributed by atoms with Gasteiger partial charge in [-0.1, -0.05) is 13.0 Å². The highest BCUT2D eigenvalue weighted by atomic mass is 16.5. The van der Waals surface area contributed by atoms with E-state index >= 15 is 0 Å². The number of piperazine rings is 1. The normalized spacial score (nSPS) is 14.9. The van der Waals surface area contributed by atoms with Crippen molar-refractivity contribution >= 4 is 5.69 Å². The van der Waals surface area contributed by atoms with E-state index in [1.165, 1.54) is 23.6 Å². The SMILES string of the molecule is CCCOc1cccc(N2CCN(CCCCn3ncc(=O)n(C)c3=O)CC2)c1. The molecule has 1 aliphatic rings. The fourth-order valence-corrected chi connectivity index (χ4v) is 3.49. The number of ether oxygens (including phenoxy) is 1. The van der Waals surface area contributed by atoms with Crippen LogP contribution in [0.4, 0.5) is 5.69 Å². The van der Waals surface area contributed by atoms with Gasteiger partial charge in [-0.2, -0.15) is 5.10 Å². The maximum atomic E-state index is 12.0. The predicted octanol–water partition coefficient (Wildman–Crippen LogP) is 1.33. The Labute approximate surface area is 171 Å². The van der Waals surface area contributed by atoms with Gasteiger partial charge in [0.1, 0.15) is 11.9 Å². The minimum Gasteiger partial charge on any atom is -0.494 e. The molecule has 0 spiro atoms. The Morgan fingerprint density at radius 3 is 2.59 bits per heavy atom. The third-order valence-corrected chi connectivity index (χ3v) is 5.27. The van der Waals surface area contributed by atoms with E-state index in [4.69, 9.17) is 4.74 Å². The maximum absolute atomic E-state index is 12.0. The van der Waals surface area contributed by atoms with E-state index in [2.05, 4.69) is 40.0 Å². The van der Waals surface area contributed by atoms with Gasteiger partial charge < -0.3 is 9.64 Å². The summed E-state index contributed by atoms with van der Waals surface area (Å²) in [5, 5.41) is 3.93. The molecule has 2 aromatic rings. The van der Waals surface area contributed by atoms with Crippen molar-refractivity contribution in [2.45, 2.75) is 32.7 Å². The fourth-order valence-electron chi connectivity index (χ4n) is 3.49. The number of hydrogen-bond acceptors (Lipinski definition) is 6. The molecule has 2 heterocycles. The number of nitrogens with zero attached hydrogens (tertiary/aromatic N) is 5. The van der Waals surface area contributed by atoms with Gasteiger partial charge in [-0.15, -0.1) is 0 Å². The summed E-state index contributed by atoms with van der Waals surface area (Å²) in [4.78, 5) is 28.2. The molecule has 1 saturated heterocycles. The van der Waals surface area contributed by atoms with Gasteiger partial charge in [0.15, 0.2) is 0 Å². The molecule has 0 amide bonds. The molecule has 0 aliphatic carbocycles. The first kappa shape index (κ1) is 21.1. The first-order valence-corrected chi connectivity index (χ1v) is 10.4. The van der Waals surface area contributed by atoms with Crippen LogP contribution in [0.5, 0.6) is 5.75 Å². The zero-order chi connectivity index (χ0) is 20.6. The summed E-state index contributed by atoms with van der Waals surface area (Å²) < 4.78 is 8.21. The van der Waals surface area contributed by atoms with Crippen molar-refractivity contribution in [3.05, 3.63) is 51.3 Å². The number of rotatable bonds is 9. The smallest absolute Gasteiger partial charge is 0.347 e. The largest absolute Gasteiger partial charge is 0.494 e. The topological polar surface area (TPSA) is 72.6 Å². The molecule has 1 aromatic heterocycles. The van der Waals surface area contributed by atoms with Crippen LogP contribution in [0.2, 0.25) is 0 Å². The Morgan fingerprint density at radius 1 is 1.07 bits per heavy atom. The van der Waals surface area contributed by atoms with Crippen LogP contribution in [0.25, 0.3) is 0 Å². The van der Waals surface area contributed by atoms with E-state index in [1.807, 2.05) is 6.07 Å². The van der Waals surface area contributed by atoms with Gasteiger partial charge in [0.25, 0.3) is 5.56 Å². The van der Waals surface area contributed by atoms with Crippen LogP contribution in [0, 0.1) is 0 Å². The summed E-state index contributed by atoms with van der Waals surface area (Å²) in [5.41, 5.74) is 0.501. The van der Waals surface area contributed by atoms with E-state index in [0.717, 1.165) is 68.9 Å². The molecule has 29 heavy (non-hydrogen) atoms.